The molecule has 3 amide bonds. The number of carboxylic acids is 3. The van der Waals surface area contributed by atoms with Gasteiger partial charge in [0.2, 0.25) is 17.7 Å². The minimum Gasteiger partial charge on any atom is -0.481 e. The van der Waals surface area contributed by atoms with Crippen LogP contribution in [-0.2, 0) is 35.2 Å². The molecular weight excluding hydrogens is 488 g/mol. The third kappa shape index (κ3) is 12.0. The number of hydrogen-bond donors (Lipinski definition) is 7. The van der Waals surface area contributed by atoms with Gasteiger partial charge in [-0.1, -0.05) is 44.2 Å². The summed E-state index contributed by atoms with van der Waals surface area (Å²) < 4.78 is 0. The third-order valence-electron chi connectivity index (χ3n) is 5.25. The zero-order valence-electron chi connectivity index (χ0n) is 20.7. The maximum atomic E-state index is 12.9. The molecule has 1 rings (SSSR count). The number of carboxylic acid groups (broad SMARTS) is 3. The van der Waals surface area contributed by atoms with Gasteiger partial charge in [-0.25, -0.2) is 4.79 Å². The SMILES string of the molecule is CC(C)CC(NC(=O)C(CC(=O)O)NC(=O)C(N)Cc1ccccc1)C(=O)NC(CCC(=O)O)C(=O)O. The minimum atomic E-state index is -1.56. The molecule has 0 aliphatic carbocycles. The Kier molecular flexibility index (Phi) is 12.7. The van der Waals surface area contributed by atoms with E-state index in [9.17, 15) is 39.0 Å². The van der Waals surface area contributed by atoms with Crippen molar-refractivity contribution >= 4 is 35.6 Å². The number of nitrogens with one attached hydrogen (secondary N) is 3. The number of benzene rings is 1. The van der Waals surface area contributed by atoms with Crippen LogP contribution in [0.3, 0.4) is 0 Å². The van der Waals surface area contributed by atoms with Gasteiger partial charge in [-0.05, 0) is 30.7 Å². The van der Waals surface area contributed by atoms with E-state index in [2.05, 4.69) is 16.0 Å². The Labute approximate surface area is 213 Å². The predicted octanol–water partition coefficient (Wildman–Crippen LogP) is -0.519. The van der Waals surface area contributed by atoms with E-state index in [4.69, 9.17) is 10.8 Å². The van der Waals surface area contributed by atoms with Gasteiger partial charge in [-0.2, -0.15) is 0 Å². The van der Waals surface area contributed by atoms with Crippen molar-refractivity contribution in [3.05, 3.63) is 35.9 Å². The van der Waals surface area contributed by atoms with Crippen molar-refractivity contribution in [1.29, 1.82) is 0 Å². The molecule has 0 saturated carbocycles. The highest BCUT2D eigenvalue weighted by Gasteiger charge is 2.32. The van der Waals surface area contributed by atoms with E-state index >= 15 is 0 Å². The van der Waals surface area contributed by atoms with Crippen molar-refractivity contribution in [3.8, 4) is 0 Å². The van der Waals surface area contributed by atoms with Crippen molar-refractivity contribution in [2.24, 2.45) is 11.7 Å². The van der Waals surface area contributed by atoms with Crippen molar-refractivity contribution < 1.29 is 44.1 Å². The molecule has 1 aromatic carbocycles. The summed E-state index contributed by atoms with van der Waals surface area (Å²) in [5.74, 6) is -6.86. The van der Waals surface area contributed by atoms with E-state index in [1.165, 1.54) is 0 Å². The zero-order valence-corrected chi connectivity index (χ0v) is 20.7. The van der Waals surface area contributed by atoms with E-state index in [1.807, 2.05) is 0 Å². The summed E-state index contributed by atoms with van der Waals surface area (Å²) >= 11 is 0. The lowest BCUT2D eigenvalue weighted by molar-refractivity contribution is -0.144. The number of carbonyl (C=O) groups excluding carboxylic acids is 3. The van der Waals surface area contributed by atoms with Crippen LogP contribution in [0, 0.1) is 5.92 Å². The molecule has 13 heteroatoms. The standard InChI is InChI=1S/C24H34N4O9/c1-13(2)10-17(22(34)26-16(24(36)37)8-9-19(29)30)28-23(35)18(12-20(31)32)27-21(33)15(25)11-14-6-4-3-5-7-14/h3-7,13,15-18H,8-12,25H2,1-2H3,(H,26,34)(H,27,33)(H,28,35)(H,29,30)(H,31,32)(H,36,37). The Balaban J connectivity index is 2.97. The molecule has 0 saturated heterocycles. The smallest absolute Gasteiger partial charge is 0.326 e. The number of hydrogen-bond acceptors (Lipinski definition) is 7. The highest BCUT2D eigenvalue weighted by molar-refractivity contribution is 5.95. The average molecular weight is 523 g/mol. The van der Waals surface area contributed by atoms with Gasteiger partial charge in [0.1, 0.15) is 18.1 Å². The fourth-order valence-electron chi connectivity index (χ4n) is 3.40. The van der Waals surface area contributed by atoms with Gasteiger partial charge in [0, 0.05) is 6.42 Å². The summed E-state index contributed by atoms with van der Waals surface area (Å²) in [5, 5.41) is 34.2. The van der Waals surface area contributed by atoms with Gasteiger partial charge >= 0.3 is 17.9 Å². The van der Waals surface area contributed by atoms with Gasteiger partial charge in [0.15, 0.2) is 0 Å². The lowest BCUT2D eigenvalue weighted by Gasteiger charge is -2.25. The Morgan fingerprint density at radius 1 is 0.784 bits per heavy atom. The lowest BCUT2D eigenvalue weighted by atomic mass is 10.0. The predicted molar refractivity (Wildman–Crippen MR) is 130 cm³/mol. The second kappa shape index (κ2) is 15.2. The topological polar surface area (TPSA) is 225 Å². The highest BCUT2D eigenvalue weighted by Crippen LogP contribution is 2.09. The van der Waals surface area contributed by atoms with Gasteiger partial charge < -0.3 is 37.0 Å². The summed E-state index contributed by atoms with van der Waals surface area (Å²) in [6, 6.07) is 3.40. The minimum absolute atomic E-state index is 0.0596. The van der Waals surface area contributed by atoms with Crippen LogP contribution in [0.5, 0.6) is 0 Å². The van der Waals surface area contributed by atoms with Crippen LogP contribution < -0.4 is 21.7 Å². The third-order valence-corrected chi connectivity index (χ3v) is 5.25. The number of nitrogens with two attached hydrogens (primary N) is 1. The molecule has 204 valence electrons. The molecule has 4 unspecified atom stereocenters. The Morgan fingerprint density at radius 3 is 1.84 bits per heavy atom. The second-order valence-corrected chi connectivity index (χ2v) is 8.98. The molecular formula is C24H34N4O9. The summed E-state index contributed by atoms with van der Waals surface area (Å²) in [5.41, 5.74) is 6.68. The highest BCUT2D eigenvalue weighted by atomic mass is 16.4. The Bertz CT molecular complexity index is 968. The molecule has 13 nitrogen and oxygen atoms in total. The number of aliphatic carboxylic acids is 3. The summed E-state index contributed by atoms with van der Waals surface area (Å²) in [7, 11) is 0. The van der Waals surface area contributed by atoms with Crippen LogP contribution in [-0.4, -0.2) is 75.1 Å². The van der Waals surface area contributed by atoms with Crippen LogP contribution in [0.25, 0.3) is 0 Å². The van der Waals surface area contributed by atoms with Crippen molar-refractivity contribution in [3.63, 3.8) is 0 Å². The zero-order chi connectivity index (χ0) is 28.1. The fraction of sp³-hybridized carbons (Fsp3) is 0.500. The van der Waals surface area contributed by atoms with Gasteiger partial charge in [-0.15, -0.1) is 0 Å². The Morgan fingerprint density at radius 2 is 1.32 bits per heavy atom. The van der Waals surface area contributed by atoms with Crippen molar-refractivity contribution in [2.45, 2.75) is 70.1 Å². The molecule has 0 aliphatic rings. The van der Waals surface area contributed by atoms with Crippen LogP contribution in [0.2, 0.25) is 0 Å². The molecule has 0 heterocycles. The van der Waals surface area contributed by atoms with Crippen LogP contribution >= 0.6 is 0 Å². The number of rotatable bonds is 16. The van der Waals surface area contributed by atoms with E-state index < -0.39 is 72.6 Å². The van der Waals surface area contributed by atoms with Crippen LogP contribution in [0.15, 0.2) is 30.3 Å². The quantitative estimate of drug-likeness (QED) is 0.147. The van der Waals surface area contributed by atoms with E-state index in [0.717, 1.165) is 5.56 Å². The lowest BCUT2D eigenvalue weighted by Crippen LogP contribution is -2.57. The van der Waals surface area contributed by atoms with Gasteiger partial charge in [0.25, 0.3) is 0 Å². The largest absolute Gasteiger partial charge is 0.481 e. The van der Waals surface area contributed by atoms with E-state index in [1.54, 1.807) is 44.2 Å². The molecule has 0 aromatic heterocycles. The molecule has 0 radical (unpaired) electrons. The molecule has 8 N–H and O–H groups in total. The molecule has 0 spiro atoms. The maximum absolute atomic E-state index is 12.9. The van der Waals surface area contributed by atoms with E-state index in [-0.39, 0.29) is 25.2 Å². The molecule has 37 heavy (non-hydrogen) atoms. The van der Waals surface area contributed by atoms with Crippen molar-refractivity contribution in [2.75, 3.05) is 0 Å². The average Bonchev–Trinajstić information content (AvgIpc) is 2.80. The first-order chi connectivity index (χ1) is 17.3. The molecule has 0 bridgehead atoms. The first-order valence-corrected chi connectivity index (χ1v) is 11.7. The van der Waals surface area contributed by atoms with E-state index in [0.29, 0.717) is 0 Å². The first kappa shape index (κ1) is 31.0. The van der Waals surface area contributed by atoms with Crippen molar-refractivity contribution in [1.82, 2.24) is 16.0 Å². The molecule has 1 aromatic rings. The maximum Gasteiger partial charge on any atom is 0.326 e. The Hall–Kier alpha value is -4.00. The second-order valence-electron chi connectivity index (χ2n) is 8.98. The summed E-state index contributed by atoms with van der Waals surface area (Å²) in [6.45, 7) is 3.48. The summed E-state index contributed by atoms with van der Waals surface area (Å²) in [6.07, 6.45) is -1.48. The summed E-state index contributed by atoms with van der Waals surface area (Å²) in [4.78, 5) is 71.9. The molecule has 0 fully saturated rings. The number of carbonyl (C=O) groups is 6. The van der Waals surface area contributed by atoms with Gasteiger partial charge in [0.05, 0.1) is 12.5 Å². The van der Waals surface area contributed by atoms with Crippen LogP contribution in [0.1, 0.15) is 45.1 Å². The number of amides is 3. The normalized spacial score (nSPS) is 14.1. The first-order valence-electron chi connectivity index (χ1n) is 11.7. The van der Waals surface area contributed by atoms with Gasteiger partial charge in [-0.3, -0.25) is 24.0 Å². The van der Waals surface area contributed by atoms with Crippen LogP contribution in [0.4, 0.5) is 0 Å². The fourth-order valence-corrected chi connectivity index (χ4v) is 3.40. The molecule has 0 aliphatic heterocycles. The monoisotopic (exact) mass is 522 g/mol. The molecule has 4 atom stereocenters.